The van der Waals surface area contributed by atoms with E-state index in [1.165, 1.54) is 0 Å². The molecule has 4 heteroatoms. The highest BCUT2D eigenvalue weighted by Crippen LogP contribution is 2.49. The van der Waals surface area contributed by atoms with Crippen molar-refractivity contribution in [1.29, 1.82) is 0 Å². The lowest BCUT2D eigenvalue weighted by molar-refractivity contribution is 0.180. The lowest BCUT2D eigenvalue weighted by atomic mass is 9.82. The topological polar surface area (TPSA) is 58.9 Å². The second-order valence-electron chi connectivity index (χ2n) is 6.47. The fourth-order valence-electron chi connectivity index (χ4n) is 3.78. The van der Waals surface area contributed by atoms with Gasteiger partial charge in [0, 0.05) is 17.0 Å². The average Bonchev–Trinajstić information content (AvgIpc) is 2.61. The Balaban J connectivity index is 1.96. The number of phenolic OH excluding ortho intramolecular Hbond substituents is 2. The highest BCUT2D eigenvalue weighted by Gasteiger charge is 2.32. The first kappa shape index (κ1) is 15.6. The fraction of sp³-hybridized carbons (Fsp3) is 0.238. The number of phenols is 2. The number of fused-ring (bicyclic) bond motifs is 2. The number of hydrogen-bond acceptors (Lipinski definition) is 4. The Labute approximate surface area is 146 Å². The maximum Gasteiger partial charge on any atom is 0.130 e. The summed E-state index contributed by atoms with van der Waals surface area (Å²) >= 11 is 0. The molecule has 3 aromatic carbocycles. The van der Waals surface area contributed by atoms with Crippen LogP contribution >= 0.6 is 0 Å². The molecule has 2 N–H and O–H groups in total. The SMILES string of the molecule is COc1cccc2ccc(C3CC(C)Oc4cccc(O)c43)c(O)c12. The van der Waals surface area contributed by atoms with Gasteiger partial charge >= 0.3 is 0 Å². The van der Waals surface area contributed by atoms with Gasteiger partial charge < -0.3 is 19.7 Å². The predicted molar refractivity (Wildman–Crippen MR) is 96.8 cm³/mol. The molecule has 0 fully saturated rings. The molecule has 0 saturated heterocycles. The van der Waals surface area contributed by atoms with Gasteiger partial charge in [0.05, 0.1) is 18.6 Å². The van der Waals surface area contributed by atoms with Crippen LogP contribution in [0.15, 0.2) is 48.5 Å². The second kappa shape index (κ2) is 5.88. The van der Waals surface area contributed by atoms with E-state index < -0.39 is 0 Å². The third-order valence-corrected chi connectivity index (χ3v) is 4.89. The third kappa shape index (κ3) is 2.45. The van der Waals surface area contributed by atoms with Crippen molar-refractivity contribution < 1.29 is 19.7 Å². The lowest BCUT2D eigenvalue weighted by Crippen LogP contribution is -2.23. The first-order valence-corrected chi connectivity index (χ1v) is 8.37. The normalized spacial score (nSPS) is 19.3. The summed E-state index contributed by atoms with van der Waals surface area (Å²) in [5.41, 5.74) is 1.50. The molecular formula is C21H20O4. The van der Waals surface area contributed by atoms with E-state index in [9.17, 15) is 10.2 Å². The minimum absolute atomic E-state index is 0.00735. The van der Waals surface area contributed by atoms with Crippen molar-refractivity contribution in [2.24, 2.45) is 0 Å². The molecule has 4 nitrogen and oxygen atoms in total. The molecule has 25 heavy (non-hydrogen) atoms. The van der Waals surface area contributed by atoms with Gasteiger partial charge in [0.25, 0.3) is 0 Å². The van der Waals surface area contributed by atoms with Gasteiger partial charge in [-0.3, -0.25) is 0 Å². The summed E-state index contributed by atoms with van der Waals surface area (Å²) in [6.45, 7) is 2.00. The molecule has 2 unspecified atom stereocenters. The van der Waals surface area contributed by atoms with Crippen LogP contribution in [-0.4, -0.2) is 23.4 Å². The Kier molecular flexibility index (Phi) is 3.68. The zero-order chi connectivity index (χ0) is 17.6. The number of hydrogen-bond donors (Lipinski definition) is 2. The Hall–Kier alpha value is -2.88. The van der Waals surface area contributed by atoms with E-state index in [2.05, 4.69) is 0 Å². The first-order chi connectivity index (χ1) is 12.1. The number of benzene rings is 3. The van der Waals surface area contributed by atoms with Crippen LogP contribution in [0.4, 0.5) is 0 Å². The van der Waals surface area contributed by atoms with Gasteiger partial charge in [-0.15, -0.1) is 0 Å². The second-order valence-corrected chi connectivity index (χ2v) is 6.47. The zero-order valence-electron chi connectivity index (χ0n) is 14.2. The van der Waals surface area contributed by atoms with E-state index in [1.54, 1.807) is 19.2 Å². The highest BCUT2D eigenvalue weighted by molar-refractivity contribution is 5.95. The summed E-state index contributed by atoms with van der Waals surface area (Å²) in [4.78, 5) is 0. The van der Waals surface area contributed by atoms with Crippen LogP contribution in [0, 0.1) is 0 Å². The highest BCUT2D eigenvalue weighted by atomic mass is 16.5. The molecule has 0 bridgehead atoms. The predicted octanol–water partition coefficient (Wildman–Crippen LogP) is 4.56. The quantitative estimate of drug-likeness (QED) is 0.720. The van der Waals surface area contributed by atoms with Crippen molar-refractivity contribution in [2.45, 2.75) is 25.4 Å². The monoisotopic (exact) mass is 336 g/mol. The van der Waals surface area contributed by atoms with Gasteiger partial charge in [-0.1, -0.05) is 30.3 Å². The molecule has 4 rings (SSSR count). The van der Waals surface area contributed by atoms with E-state index in [0.717, 1.165) is 16.5 Å². The lowest BCUT2D eigenvalue weighted by Gasteiger charge is -2.31. The van der Waals surface area contributed by atoms with Crippen molar-refractivity contribution in [2.75, 3.05) is 7.11 Å². The molecule has 0 aromatic heterocycles. The van der Waals surface area contributed by atoms with Crippen LogP contribution in [0.25, 0.3) is 10.8 Å². The molecule has 2 atom stereocenters. The van der Waals surface area contributed by atoms with Crippen molar-refractivity contribution in [1.82, 2.24) is 0 Å². The van der Waals surface area contributed by atoms with Gasteiger partial charge in [0.15, 0.2) is 0 Å². The minimum atomic E-state index is -0.144. The van der Waals surface area contributed by atoms with E-state index in [1.807, 2.05) is 43.3 Å². The molecule has 0 aliphatic carbocycles. The molecular weight excluding hydrogens is 316 g/mol. The third-order valence-electron chi connectivity index (χ3n) is 4.89. The summed E-state index contributed by atoms with van der Waals surface area (Å²) in [6.07, 6.45) is 0.672. The largest absolute Gasteiger partial charge is 0.508 e. The minimum Gasteiger partial charge on any atom is -0.508 e. The summed E-state index contributed by atoms with van der Waals surface area (Å²) in [7, 11) is 1.60. The maximum absolute atomic E-state index is 11.0. The summed E-state index contributed by atoms with van der Waals surface area (Å²) < 4.78 is 11.3. The van der Waals surface area contributed by atoms with Crippen molar-refractivity contribution in [3.8, 4) is 23.0 Å². The standard InChI is InChI=1S/C21H20O4/c1-12-11-15(20-16(22)6-4-8-18(20)25-12)14-10-9-13-5-3-7-17(24-2)19(13)21(14)23/h3-10,12,15,22-23H,11H2,1-2H3. The molecule has 0 radical (unpaired) electrons. The molecule has 1 aliphatic heterocycles. The van der Waals surface area contributed by atoms with E-state index >= 15 is 0 Å². The fourth-order valence-corrected chi connectivity index (χ4v) is 3.78. The van der Waals surface area contributed by atoms with Crippen molar-refractivity contribution >= 4 is 10.8 Å². The molecule has 3 aromatic rings. The molecule has 1 aliphatic rings. The van der Waals surface area contributed by atoms with E-state index in [4.69, 9.17) is 9.47 Å². The summed E-state index contributed by atoms with van der Waals surface area (Å²) in [6, 6.07) is 14.9. The van der Waals surface area contributed by atoms with E-state index in [0.29, 0.717) is 23.3 Å². The van der Waals surface area contributed by atoms with Crippen LogP contribution < -0.4 is 9.47 Å². The Morgan fingerprint density at radius 1 is 1.04 bits per heavy atom. The van der Waals surface area contributed by atoms with Gasteiger partial charge in [-0.2, -0.15) is 0 Å². The first-order valence-electron chi connectivity index (χ1n) is 8.37. The van der Waals surface area contributed by atoms with E-state index in [-0.39, 0.29) is 23.5 Å². The van der Waals surface area contributed by atoms with Crippen LogP contribution in [0.3, 0.4) is 0 Å². The summed E-state index contributed by atoms with van der Waals surface area (Å²) in [5, 5.41) is 23.0. The molecule has 0 spiro atoms. The van der Waals surface area contributed by atoms with Gasteiger partial charge in [0.2, 0.25) is 0 Å². The maximum atomic E-state index is 11.0. The Morgan fingerprint density at radius 3 is 2.64 bits per heavy atom. The van der Waals surface area contributed by atoms with Crippen LogP contribution in [0.5, 0.6) is 23.0 Å². The van der Waals surface area contributed by atoms with Gasteiger partial charge in [-0.25, -0.2) is 0 Å². The van der Waals surface area contributed by atoms with Crippen LogP contribution in [0.2, 0.25) is 0 Å². The molecule has 0 amide bonds. The van der Waals surface area contributed by atoms with Crippen LogP contribution in [0.1, 0.15) is 30.4 Å². The number of methoxy groups -OCH3 is 1. The summed E-state index contributed by atoms with van der Waals surface area (Å²) in [5.74, 6) is 1.55. The molecule has 1 heterocycles. The Morgan fingerprint density at radius 2 is 1.84 bits per heavy atom. The number of ether oxygens (including phenoxy) is 2. The molecule has 128 valence electrons. The Bertz CT molecular complexity index is 948. The number of aromatic hydroxyl groups is 2. The van der Waals surface area contributed by atoms with Gasteiger partial charge in [-0.05, 0) is 36.9 Å². The van der Waals surface area contributed by atoms with Crippen molar-refractivity contribution in [3.63, 3.8) is 0 Å². The average molecular weight is 336 g/mol. The van der Waals surface area contributed by atoms with Gasteiger partial charge in [0.1, 0.15) is 23.0 Å². The van der Waals surface area contributed by atoms with Crippen molar-refractivity contribution in [3.05, 3.63) is 59.7 Å². The molecule has 0 saturated carbocycles. The zero-order valence-corrected chi connectivity index (χ0v) is 14.2. The van der Waals surface area contributed by atoms with Crippen LogP contribution in [-0.2, 0) is 0 Å². The smallest absolute Gasteiger partial charge is 0.130 e. The number of rotatable bonds is 2.